The summed E-state index contributed by atoms with van der Waals surface area (Å²) in [5.41, 5.74) is 1.20. The highest BCUT2D eigenvalue weighted by Crippen LogP contribution is 2.29. The molecule has 148 valence electrons. The molecule has 0 unspecified atom stereocenters. The van der Waals surface area contributed by atoms with Gasteiger partial charge in [-0.1, -0.05) is 0 Å². The maximum absolute atomic E-state index is 12.5. The minimum atomic E-state index is -0.111. The number of H-pyrrole nitrogens is 1. The fraction of sp³-hybridized carbons (Fsp3) is 0.429. The predicted octanol–water partition coefficient (Wildman–Crippen LogP) is 2.60. The normalized spacial score (nSPS) is 17.2. The molecule has 2 N–H and O–H groups in total. The van der Waals surface area contributed by atoms with Gasteiger partial charge in [-0.3, -0.25) is 9.59 Å². The van der Waals surface area contributed by atoms with Crippen LogP contribution in [0.25, 0.3) is 0 Å². The Morgan fingerprint density at radius 3 is 2.57 bits per heavy atom. The summed E-state index contributed by atoms with van der Waals surface area (Å²) < 4.78 is 11.5. The number of methoxy groups -OCH3 is 1. The van der Waals surface area contributed by atoms with Crippen LogP contribution in [0.4, 0.5) is 0 Å². The molecule has 2 heterocycles. The number of carbonyl (C=O) groups excluding carboxylic acids is 2. The number of aromatic amines is 1. The number of rotatable bonds is 6. The number of ether oxygens (including phenoxy) is 2. The summed E-state index contributed by atoms with van der Waals surface area (Å²) in [6, 6.07) is 7.35. The minimum absolute atomic E-state index is 0.0329. The number of hydrogen-bond donors (Lipinski definition) is 2. The maximum Gasteiger partial charge on any atom is 0.255 e. The number of benzene rings is 1. The predicted molar refractivity (Wildman–Crippen MR) is 104 cm³/mol. The highest BCUT2D eigenvalue weighted by Gasteiger charge is 2.28. The third kappa shape index (κ3) is 4.13. The van der Waals surface area contributed by atoms with Gasteiger partial charge in [0.15, 0.2) is 0 Å². The Morgan fingerprint density at radius 1 is 1.14 bits per heavy atom. The van der Waals surface area contributed by atoms with Crippen LogP contribution < -0.4 is 14.8 Å². The number of amides is 2. The van der Waals surface area contributed by atoms with Crippen molar-refractivity contribution in [3.63, 3.8) is 0 Å². The summed E-state index contributed by atoms with van der Waals surface area (Å²) in [7, 11) is 1.59. The lowest BCUT2D eigenvalue weighted by molar-refractivity contribution is 0.0593. The molecule has 2 fully saturated rings. The van der Waals surface area contributed by atoms with E-state index in [4.69, 9.17) is 9.47 Å². The fourth-order valence-corrected chi connectivity index (χ4v) is 3.40. The number of aromatic nitrogens is 1. The van der Waals surface area contributed by atoms with Gasteiger partial charge in [-0.2, -0.15) is 0 Å². The zero-order valence-electron chi connectivity index (χ0n) is 15.9. The number of likely N-dealkylation sites (tertiary alicyclic amines) is 1. The van der Waals surface area contributed by atoms with E-state index in [0.717, 1.165) is 25.7 Å². The Bertz CT molecular complexity index is 837. The second-order valence-electron chi connectivity index (χ2n) is 7.32. The summed E-state index contributed by atoms with van der Waals surface area (Å²) in [5.74, 6) is 1.11. The molecule has 28 heavy (non-hydrogen) atoms. The van der Waals surface area contributed by atoms with E-state index in [1.54, 1.807) is 43.8 Å². The standard InChI is InChI=1S/C21H25N3O4/c1-27-17-4-5-18(20(25)23-15-2-3-15)19(12-17)28-16-7-10-24(11-8-16)21(26)14-6-9-22-13-14/h4-6,9,12-13,15-16,22H,2-3,7-8,10-11H2,1H3,(H,23,25). The average molecular weight is 383 g/mol. The van der Waals surface area contributed by atoms with Gasteiger partial charge in [0.2, 0.25) is 0 Å². The molecule has 0 bridgehead atoms. The zero-order chi connectivity index (χ0) is 19.5. The number of nitrogens with zero attached hydrogens (tertiary/aromatic N) is 1. The SMILES string of the molecule is COc1ccc(C(=O)NC2CC2)c(OC2CCN(C(=O)c3cc[nH]c3)CC2)c1. The van der Waals surface area contributed by atoms with Crippen LogP contribution in [0.3, 0.4) is 0 Å². The van der Waals surface area contributed by atoms with Gasteiger partial charge in [-0.05, 0) is 31.0 Å². The Balaban J connectivity index is 1.41. The van der Waals surface area contributed by atoms with E-state index >= 15 is 0 Å². The molecule has 1 saturated heterocycles. The van der Waals surface area contributed by atoms with E-state index in [1.165, 1.54) is 0 Å². The Morgan fingerprint density at radius 2 is 1.93 bits per heavy atom. The zero-order valence-corrected chi connectivity index (χ0v) is 15.9. The third-order valence-corrected chi connectivity index (χ3v) is 5.21. The van der Waals surface area contributed by atoms with Crippen LogP contribution in [0.15, 0.2) is 36.7 Å². The van der Waals surface area contributed by atoms with Crippen molar-refractivity contribution in [2.45, 2.75) is 37.8 Å². The van der Waals surface area contributed by atoms with Gasteiger partial charge in [0.25, 0.3) is 11.8 Å². The van der Waals surface area contributed by atoms with Crippen molar-refractivity contribution >= 4 is 11.8 Å². The summed E-state index contributed by atoms with van der Waals surface area (Å²) >= 11 is 0. The van der Waals surface area contributed by atoms with Crippen LogP contribution >= 0.6 is 0 Å². The summed E-state index contributed by atoms with van der Waals surface area (Å²) in [5, 5.41) is 3.01. The van der Waals surface area contributed by atoms with Gasteiger partial charge >= 0.3 is 0 Å². The molecule has 1 saturated carbocycles. The van der Waals surface area contributed by atoms with Crippen molar-refractivity contribution in [3.8, 4) is 11.5 Å². The molecular weight excluding hydrogens is 358 g/mol. The summed E-state index contributed by atoms with van der Waals surface area (Å²) in [6.07, 6.45) is 6.92. The minimum Gasteiger partial charge on any atom is -0.497 e. The molecule has 4 rings (SSSR count). The lowest BCUT2D eigenvalue weighted by Gasteiger charge is -2.32. The molecule has 0 spiro atoms. The van der Waals surface area contributed by atoms with E-state index < -0.39 is 0 Å². The first-order valence-corrected chi connectivity index (χ1v) is 9.71. The van der Waals surface area contributed by atoms with Crippen molar-refractivity contribution in [2.24, 2.45) is 0 Å². The van der Waals surface area contributed by atoms with Gasteiger partial charge in [-0.15, -0.1) is 0 Å². The van der Waals surface area contributed by atoms with Gasteiger partial charge in [-0.25, -0.2) is 0 Å². The summed E-state index contributed by atoms with van der Waals surface area (Å²) in [6.45, 7) is 1.25. The van der Waals surface area contributed by atoms with Gasteiger partial charge < -0.3 is 24.7 Å². The summed E-state index contributed by atoms with van der Waals surface area (Å²) in [4.78, 5) is 29.8. The first kappa shape index (κ1) is 18.4. The van der Waals surface area contributed by atoms with Gasteiger partial charge in [0.1, 0.15) is 17.6 Å². The molecule has 2 amide bonds. The van der Waals surface area contributed by atoms with Crippen LogP contribution in [-0.2, 0) is 0 Å². The monoisotopic (exact) mass is 383 g/mol. The maximum atomic E-state index is 12.5. The van der Waals surface area contributed by atoms with Gasteiger partial charge in [0.05, 0.1) is 18.2 Å². The first-order chi connectivity index (χ1) is 13.6. The van der Waals surface area contributed by atoms with Crippen LogP contribution in [0, 0.1) is 0 Å². The van der Waals surface area contributed by atoms with Crippen molar-refractivity contribution in [2.75, 3.05) is 20.2 Å². The molecular formula is C21H25N3O4. The molecule has 1 aromatic heterocycles. The molecule has 7 heteroatoms. The number of hydrogen-bond acceptors (Lipinski definition) is 4. The Labute approximate surface area is 164 Å². The van der Waals surface area contributed by atoms with Crippen LogP contribution in [0.2, 0.25) is 0 Å². The average Bonchev–Trinajstić information content (AvgIpc) is 3.36. The number of piperidine rings is 1. The fourth-order valence-electron chi connectivity index (χ4n) is 3.40. The van der Waals surface area contributed by atoms with Crippen LogP contribution in [0.5, 0.6) is 11.5 Å². The number of carbonyl (C=O) groups is 2. The Kier molecular flexibility index (Phi) is 5.23. The lowest BCUT2D eigenvalue weighted by Crippen LogP contribution is -2.41. The molecule has 0 atom stereocenters. The molecule has 1 aliphatic heterocycles. The molecule has 2 aromatic rings. The second-order valence-corrected chi connectivity index (χ2v) is 7.32. The van der Waals surface area contributed by atoms with E-state index in [2.05, 4.69) is 10.3 Å². The largest absolute Gasteiger partial charge is 0.497 e. The quantitative estimate of drug-likeness (QED) is 0.803. The topological polar surface area (TPSA) is 83.7 Å². The molecule has 1 aromatic carbocycles. The molecule has 7 nitrogen and oxygen atoms in total. The first-order valence-electron chi connectivity index (χ1n) is 9.71. The molecule has 1 aliphatic carbocycles. The second kappa shape index (κ2) is 7.96. The van der Waals surface area contributed by atoms with Crippen molar-refractivity contribution in [1.29, 1.82) is 0 Å². The highest BCUT2D eigenvalue weighted by molar-refractivity contribution is 5.97. The Hall–Kier alpha value is -2.96. The smallest absolute Gasteiger partial charge is 0.255 e. The van der Waals surface area contributed by atoms with E-state index in [0.29, 0.717) is 35.7 Å². The van der Waals surface area contributed by atoms with Crippen molar-refractivity contribution in [3.05, 3.63) is 47.8 Å². The van der Waals surface area contributed by atoms with Crippen LogP contribution in [-0.4, -0.2) is 54.0 Å². The van der Waals surface area contributed by atoms with Gasteiger partial charge in [0, 0.05) is 50.4 Å². The van der Waals surface area contributed by atoms with Crippen molar-refractivity contribution < 1.29 is 19.1 Å². The van der Waals surface area contributed by atoms with E-state index in [-0.39, 0.29) is 24.0 Å². The number of nitrogens with one attached hydrogen (secondary N) is 2. The van der Waals surface area contributed by atoms with Crippen molar-refractivity contribution in [1.82, 2.24) is 15.2 Å². The highest BCUT2D eigenvalue weighted by atomic mass is 16.5. The molecule has 2 aliphatic rings. The third-order valence-electron chi connectivity index (χ3n) is 5.21. The lowest BCUT2D eigenvalue weighted by atomic mass is 10.1. The van der Waals surface area contributed by atoms with E-state index in [9.17, 15) is 9.59 Å². The van der Waals surface area contributed by atoms with E-state index in [1.807, 2.05) is 4.90 Å². The van der Waals surface area contributed by atoms with Crippen LogP contribution in [0.1, 0.15) is 46.4 Å². The molecule has 0 radical (unpaired) electrons.